The van der Waals surface area contributed by atoms with Crippen LogP contribution in [0.25, 0.3) is 0 Å². The van der Waals surface area contributed by atoms with E-state index in [-0.39, 0.29) is 30.3 Å². The Bertz CT molecular complexity index is 888. The summed E-state index contributed by atoms with van der Waals surface area (Å²) in [6.07, 6.45) is -0.0268. The molecule has 180 valence electrons. The number of methoxy groups -OCH3 is 1. The predicted molar refractivity (Wildman–Crippen MR) is 121 cm³/mol. The minimum absolute atomic E-state index is 0.0381. The van der Waals surface area contributed by atoms with Crippen LogP contribution in [-0.4, -0.2) is 58.5 Å². The molecular weight excluding hydrogens is 432 g/mol. The number of ether oxygens (including phenoxy) is 1. The summed E-state index contributed by atoms with van der Waals surface area (Å²) in [5, 5.41) is 41.4. The molecule has 10 heteroatoms. The van der Waals surface area contributed by atoms with Crippen molar-refractivity contribution in [3.05, 3.63) is 53.6 Å². The van der Waals surface area contributed by atoms with Crippen molar-refractivity contribution in [2.24, 2.45) is 0 Å². The van der Waals surface area contributed by atoms with Crippen LogP contribution in [-0.2, 0) is 20.8 Å². The number of carbonyl (C=O) groups excluding carboxylic acids is 1. The molecule has 0 fully saturated rings. The summed E-state index contributed by atoms with van der Waals surface area (Å²) >= 11 is 0. The van der Waals surface area contributed by atoms with E-state index in [0.29, 0.717) is 18.5 Å². The molecule has 0 saturated carbocycles. The molecule has 0 aliphatic carbocycles. The van der Waals surface area contributed by atoms with E-state index in [1.807, 2.05) is 31.2 Å². The number of benzene rings is 2. The van der Waals surface area contributed by atoms with E-state index < -0.39 is 18.0 Å². The van der Waals surface area contributed by atoms with Crippen molar-refractivity contribution in [3.63, 3.8) is 0 Å². The molecule has 1 amide bonds. The maximum Gasteiger partial charge on any atom is 0.303 e. The molecule has 2 rings (SSSR count). The van der Waals surface area contributed by atoms with Gasteiger partial charge in [0, 0.05) is 12.6 Å². The number of aliphatic carboxylic acids is 2. The summed E-state index contributed by atoms with van der Waals surface area (Å²) in [5.74, 6) is -1.37. The van der Waals surface area contributed by atoms with Gasteiger partial charge in [0.05, 0.1) is 31.7 Å². The maximum atomic E-state index is 10.5. The number of carbonyl (C=O) groups is 3. The van der Waals surface area contributed by atoms with E-state index in [9.17, 15) is 24.6 Å². The molecule has 0 bridgehead atoms. The maximum absolute atomic E-state index is 10.5. The smallest absolute Gasteiger partial charge is 0.303 e. The summed E-state index contributed by atoms with van der Waals surface area (Å²) in [5.41, 5.74) is 2.07. The van der Waals surface area contributed by atoms with Crippen LogP contribution in [0.3, 0.4) is 0 Å². The molecule has 2 atom stereocenters. The average molecular weight is 462 g/mol. The van der Waals surface area contributed by atoms with Gasteiger partial charge in [-0.3, -0.25) is 14.4 Å². The fourth-order valence-corrected chi connectivity index (χ4v) is 2.77. The number of aromatic hydroxyl groups is 1. The van der Waals surface area contributed by atoms with Gasteiger partial charge < -0.3 is 35.8 Å². The van der Waals surface area contributed by atoms with Crippen LogP contribution in [0.4, 0.5) is 5.69 Å². The van der Waals surface area contributed by atoms with Gasteiger partial charge in [-0.1, -0.05) is 18.2 Å². The molecule has 2 aromatic carbocycles. The number of anilines is 1. The number of amides is 1. The number of nitrogens with one attached hydrogen (secondary N) is 2. The second kappa shape index (κ2) is 14.4. The summed E-state index contributed by atoms with van der Waals surface area (Å²) in [4.78, 5) is 29.8. The first-order valence-electron chi connectivity index (χ1n) is 10.2. The van der Waals surface area contributed by atoms with Gasteiger partial charge in [-0.25, -0.2) is 0 Å². The lowest BCUT2D eigenvalue weighted by molar-refractivity contribution is -0.143. The molecule has 0 heterocycles. The number of carboxylic acid groups (broad SMARTS) is 2. The highest BCUT2D eigenvalue weighted by molar-refractivity contribution is 5.76. The van der Waals surface area contributed by atoms with E-state index in [0.717, 1.165) is 12.2 Å². The fraction of sp³-hybridized carbons (Fsp3) is 0.348. The van der Waals surface area contributed by atoms with Gasteiger partial charge in [-0.15, -0.1) is 0 Å². The third-order valence-electron chi connectivity index (χ3n) is 4.53. The molecule has 2 aromatic rings. The number of aliphatic hydroxyl groups excluding tert-OH is 1. The largest absolute Gasteiger partial charge is 0.506 e. The lowest BCUT2D eigenvalue weighted by Gasteiger charge is -2.18. The minimum Gasteiger partial charge on any atom is -0.506 e. The average Bonchev–Trinajstić information content (AvgIpc) is 2.78. The zero-order valence-electron chi connectivity index (χ0n) is 18.5. The summed E-state index contributed by atoms with van der Waals surface area (Å²) < 4.78 is 5.14. The highest BCUT2D eigenvalue weighted by atomic mass is 16.5. The normalized spacial score (nSPS) is 12.0. The molecule has 6 N–H and O–H groups in total. The van der Waals surface area contributed by atoms with Gasteiger partial charge >= 0.3 is 11.9 Å². The van der Waals surface area contributed by atoms with Crippen LogP contribution in [0.2, 0.25) is 0 Å². The van der Waals surface area contributed by atoms with E-state index in [1.54, 1.807) is 19.2 Å². The van der Waals surface area contributed by atoms with Crippen LogP contribution < -0.4 is 15.4 Å². The van der Waals surface area contributed by atoms with Gasteiger partial charge in [0.2, 0.25) is 6.41 Å². The number of phenolic OH excluding ortho intramolecular Hbond substituents is 1. The van der Waals surface area contributed by atoms with Gasteiger partial charge in [0.25, 0.3) is 0 Å². The molecule has 33 heavy (non-hydrogen) atoms. The van der Waals surface area contributed by atoms with E-state index >= 15 is 0 Å². The van der Waals surface area contributed by atoms with Crippen molar-refractivity contribution >= 4 is 24.0 Å². The molecule has 10 nitrogen and oxygen atoms in total. The Balaban J connectivity index is 0.000000582. The molecule has 0 aromatic heterocycles. The molecule has 0 aliphatic heterocycles. The molecule has 0 radical (unpaired) electrons. The van der Waals surface area contributed by atoms with Gasteiger partial charge in [0.1, 0.15) is 11.5 Å². The first kappa shape index (κ1) is 27.4. The molecule has 0 spiro atoms. The van der Waals surface area contributed by atoms with Crippen molar-refractivity contribution in [1.29, 1.82) is 0 Å². The quantitative estimate of drug-likeness (QED) is 0.205. The number of phenols is 1. The summed E-state index contributed by atoms with van der Waals surface area (Å²) in [7, 11) is 1.64. The highest BCUT2D eigenvalue weighted by Crippen LogP contribution is 2.26. The van der Waals surface area contributed by atoms with Gasteiger partial charge in [-0.05, 0) is 48.7 Å². The number of carboxylic acids is 2. The monoisotopic (exact) mass is 462 g/mol. The van der Waals surface area contributed by atoms with Crippen molar-refractivity contribution in [3.8, 4) is 11.5 Å². The Hall–Kier alpha value is -3.63. The van der Waals surface area contributed by atoms with Crippen molar-refractivity contribution in [1.82, 2.24) is 5.32 Å². The topological polar surface area (TPSA) is 165 Å². The zero-order chi connectivity index (χ0) is 24.8. The van der Waals surface area contributed by atoms with Crippen LogP contribution >= 0.6 is 0 Å². The standard InChI is InChI=1S/C19H24N2O4.C4H6O4/c1-13(9-14-3-6-16(25-2)7-4-14)20-11-19(24)15-5-8-18(23)17(10-15)21-12-22;5-3(6)1-2-4(7)8/h3-8,10,12-13,19-20,23-24H,9,11H2,1-2H3,(H,21,22);1-2H2,(H,5,6)(H,7,8)/t13-,19+;/m1./s1. The Morgan fingerprint density at radius 1 is 1.06 bits per heavy atom. The van der Waals surface area contributed by atoms with Gasteiger partial charge in [-0.2, -0.15) is 0 Å². The predicted octanol–water partition coefficient (Wildman–Crippen LogP) is 2.16. The zero-order valence-corrected chi connectivity index (χ0v) is 18.5. The molecule has 0 unspecified atom stereocenters. The molecule has 0 aliphatic rings. The van der Waals surface area contributed by atoms with Crippen LogP contribution in [0.5, 0.6) is 11.5 Å². The fourth-order valence-electron chi connectivity index (χ4n) is 2.77. The number of hydrogen-bond acceptors (Lipinski definition) is 7. The summed E-state index contributed by atoms with van der Waals surface area (Å²) in [6, 6.07) is 12.7. The Morgan fingerprint density at radius 3 is 2.18 bits per heavy atom. The number of hydrogen-bond donors (Lipinski definition) is 6. The Kier molecular flexibility index (Phi) is 12.0. The highest BCUT2D eigenvalue weighted by Gasteiger charge is 2.12. The Morgan fingerprint density at radius 2 is 1.67 bits per heavy atom. The van der Waals surface area contributed by atoms with Crippen LogP contribution in [0.15, 0.2) is 42.5 Å². The number of aliphatic hydroxyl groups is 1. The second-order valence-electron chi connectivity index (χ2n) is 7.20. The Labute approximate surface area is 191 Å². The molecular formula is C23H30N2O8. The minimum atomic E-state index is -1.08. The summed E-state index contributed by atoms with van der Waals surface area (Å²) in [6.45, 7) is 2.41. The van der Waals surface area contributed by atoms with Gasteiger partial charge in [0.15, 0.2) is 0 Å². The second-order valence-corrected chi connectivity index (χ2v) is 7.20. The van der Waals surface area contributed by atoms with E-state index in [2.05, 4.69) is 10.6 Å². The van der Waals surface area contributed by atoms with E-state index in [1.165, 1.54) is 11.6 Å². The lowest BCUT2D eigenvalue weighted by atomic mass is 10.1. The lowest BCUT2D eigenvalue weighted by Crippen LogP contribution is -2.32. The van der Waals surface area contributed by atoms with Crippen molar-refractivity contribution in [2.45, 2.75) is 38.3 Å². The van der Waals surface area contributed by atoms with Crippen molar-refractivity contribution in [2.75, 3.05) is 19.0 Å². The first-order valence-corrected chi connectivity index (χ1v) is 10.2. The third kappa shape index (κ3) is 11.0. The third-order valence-corrected chi connectivity index (χ3v) is 4.53. The van der Waals surface area contributed by atoms with Crippen LogP contribution in [0, 0.1) is 0 Å². The first-order chi connectivity index (χ1) is 15.7. The van der Waals surface area contributed by atoms with E-state index in [4.69, 9.17) is 14.9 Å². The van der Waals surface area contributed by atoms with Crippen molar-refractivity contribution < 1.29 is 39.5 Å². The SMILES string of the molecule is COc1ccc(C[C@@H](C)NC[C@H](O)c2ccc(O)c(NC=O)c2)cc1.O=C(O)CCC(=O)O. The van der Waals surface area contributed by atoms with Crippen LogP contribution in [0.1, 0.15) is 37.0 Å². The molecule has 0 saturated heterocycles. The number of rotatable bonds is 12.